The Hall–Kier alpha value is -2.67. The third kappa shape index (κ3) is 4.90. The van der Waals surface area contributed by atoms with Gasteiger partial charge in [0.1, 0.15) is 6.04 Å². The van der Waals surface area contributed by atoms with Crippen molar-refractivity contribution in [2.45, 2.75) is 25.9 Å². The van der Waals surface area contributed by atoms with Gasteiger partial charge in [-0.2, -0.15) is 0 Å². The van der Waals surface area contributed by atoms with Gasteiger partial charge in [-0.25, -0.2) is 0 Å². The molecule has 7 heteroatoms. The lowest BCUT2D eigenvalue weighted by Gasteiger charge is -2.25. The van der Waals surface area contributed by atoms with E-state index in [0.29, 0.717) is 10.4 Å². The summed E-state index contributed by atoms with van der Waals surface area (Å²) in [6.07, 6.45) is 0. The lowest BCUT2D eigenvalue weighted by atomic mass is 9.94. The second-order valence-electron chi connectivity index (χ2n) is 5.70. The van der Waals surface area contributed by atoms with E-state index in [1.54, 1.807) is 48.7 Å². The van der Waals surface area contributed by atoms with Crippen LogP contribution in [0.1, 0.15) is 35.1 Å². The van der Waals surface area contributed by atoms with Crippen molar-refractivity contribution in [2.75, 3.05) is 0 Å². The largest absolute Gasteiger partial charge is 0.481 e. The standard InChI is InChI=1S/C18H20N2O4S/c1-11(18(23)24)15(13-7-4-3-5-8-13)20-16(21)12(2)19-17(22)14-9-6-10-25-14/h3-12,15H,1-2H3,(H,19,22)(H,20,21)(H,23,24). The topological polar surface area (TPSA) is 95.5 Å². The Balaban J connectivity index is 2.08. The van der Waals surface area contributed by atoms with Gasteiger partial charge < -0.3 is 15.7 Å². The normalized spacial score (nSPS) is 14.2. The van der Waals surface area contributed by atoms with Crippen molar-refractivity contribution in [3.8, 4) is 0 Å². The minimum Gasteiger partial charge on any atom is -0.481 e. The average Bonchev–Trinajstić information content (AvgIpc) is 3.14. The van der Waals surface area contributed by atoms with Gasteiger partial charge in [-0.15, -0.1) is 11.3 Å². The first-order valence-corrected chi connectivity index (χ1v) is 8.70. The number of amides is 2. The molecule has 0 bridgehead atoms. The van der Waals surface area contributed by atoms with Gasteiger partial charge in [0.05, 0.1) is 16.8 Å². The molecule has 0 saturated heterocycles. The molecule has 0 radical (unpaired) electrons. The first kappa shape index (κ1) is 18.7. The van der Waals surface area contributed by atoms with Crippen LogP contribution in [0.2, 0.25) is 0 Å². The summed E-state index contributed by atoms with van der Waals surface area (Å²) in [5.41, 5.74) is 0.697. The third-order valence-electron chi connectivity index (χ3n) is 3.83. The quantitative estimate of drug-likeness (QED) is 0.707. The van der Waals surface area contributed by atoms with E-state index in [1.807, 2.05) is 6.07 Å². The van der Waals surface area contributed by atoms with E-state index in [4.69, 9.17) is 0 Å². The van der Waals surface area contributed by atoms with E-state index in [1.165, 1.54) is 18.3 Å². The molecule has 1 aromatic heterocycles. The number of hydrogen-bond donors (Lipinski definition) is 3. The van der Waals surface area contributed by atoms with Crippen LogP contribution in [-0.4, -0.2) is 28.9 Å². The van der Waals surface area contributed by atoms with Gasteiger partial charge in [0.2, 0.25) is 5.91 Å². The van der Waals surface area contributed by atoms with Gasteiger partial charge in [-0.1, -0.05) is 36.4 Å². The number of hydrogen-bond acceptors (Lipinski definition) is 4. The second-order valence-corrected chi connectivity index (χ2v) is 6.64. The van der Waals surface area contributed by atoms with Crippen LogP contribution in [0.3, 0.4) is 0 Å². The highest BCUT2D eigenvalue weighted by Gasteiger charge is 2.28. The van der Waals surface area contributed by atoms with Crippen molar-refractivity contribution in [2.24, 2.45) is 5.92 Å². The maximum atomic E-state index is 12.4. The molecule has 25 heavy (non-hydrogen) atoms. The summed E-state index contributed by atoms with van der Waals surface area (Å²) < 4.78 is 0. The van der Waals surface area contributed by atoms with Crippen molar-refractivity contribution in [3.05, 3.63) is 58.3 Å². The van der Waals surface area contributed by atoms with Crippen molar-refractivity contribution >= 4 is 29.1 Å². The Kier molecular flexibility index (Phi) is 6.30. The fraction of sp³-hybridized carbons (Fsp3) is 0.278. The molecule has 0 saturated carbocycles. The number of thiophene rings is 1. The van der Waals surface area contributed by atoms with Gasteiger partial charge in [0.25, 0.3) is 5.91 Å². The predicted molar refractivity (Wildman–Crippen MR) is 95.4 cm³/mol. The number of aliphatic carboxylic acids is 1. The molecule has 0 spiro atoms. The maximum Gasteiger partial charge on any atom is 0.308 e. The van der Waals surface area contributed by atoms with Crippen molar-refractivity contribution in [3.63, 3.8) is 0 Å². The van der Waals surface area contributed by atoms with Crippen LogP contribution in [0.15, 0.2) is 47.8 Å². The summed E-state index contributed by atoms with van der Waals surface area (Å²) >= 11 is 1.28. The monoisotopic (exact) mass is 360 g/mol. The van der Waals surface area contributed by atoms with Crippen LogP contribution < -0.4 is 10.6 Å². The molecule has 2 rings (SSSR count). The fourth-order valence-corrected chi connectivity index (χ4v) is 2.95. The minimum atomic E-state index is -1.01. The highest BCUT2D eigenvalue weighted by atomic mass is 32.1. The molecule has 3 N–H and O–H groups in total. The number of rotatable bonds is 7. The van der Waals surface area contributed by atoms with Crippen LogP contribution in [0, 0.1) is 5.92 Å². The van der Waals surface area contributed by atoms with Gasteiger partial charge in [-0.05, 0) is 30.9 Å². The second kappa shape index (κ2) is 8.43. The first-order valence-electron chi connectivity index (χ1n) is 7.82. The Morgan fingerprint density at radius 3 is 2.24 bits per heavy atom. The Morgan fingerprint density at radius 1 is 1.00 bits per heavy atom. The molecule has 6 nitrogen and oxygen atoms in total. The number of carbonyl (C=O) groups is 3. The zero-order valence-corrected chi connectivity index (χ0v) is 14.7. The molecule has 2 aromatic rings. The Morgan fingerprint density at radius 2 is 1.68 bits per heavy atom. The molecule has 1 aromatic carbocycles. The number of carbonyl (C=O) groups excluding carboxylic acids is 2. The minimum absolute atomic E-state index is 0.333. The lowest BCUT2D eigenvalue weighted by Crippen LogP contribution is -2.47. The number of carboxylic acid groups (broad SMARTS) is 1. The molecule has 0 aliphatic carbocycles. The molecule has 0 aliphatic heterocycles. The average molecular weight is 360 g/mol. The van der Waals surface area contributed by atoms with E-state index in [-0.39, 0.29) is 5.91 Å². The molecule has 3 unspecified atom stereocenters. The van der Waals surface area contributed by atoms with Crippen LogP contribution in [0.5, 0.6) is 0 Å². The molecule has 1 heterocycles. The summed E-state index contributed by atoms with van der Waals surface area (Å²) in [6.45, 7) is 3.10. The summed E-state index contributed by atoms with van der Waals surface area (Å²) in [4.78, 5) is 36.4. The van der Waals surface area contributed by atoms with Gasteiger partial charge in [-0.3, -0.25) is 14.4 Å². The van der Waals surface area contributed by atoms with E-state index < -0.39 is 29.9 Å². The van der Waals surface area contributed by atoms with Crippen LogP contribution >= 0.6 is 11.3 Å². The maximum absolute atomic E-state index is 12.4. The van der Waals surface area contributed by atoms with Crippen molar-refractivity contribution in [1.29, 1.82) is 0 Å². The lowest BCUT2D eigenvalue weighted by molar-refractivity contribution is -0.142. The highest BCUT2D eigenvalue weighted by Crippen LogP contribution is 2.22. The SMILES string of the molecule is CC(NC(=O)c1cccs1)C(=O)NC(c1ccccc1)C(C)C(=O)O. The number of carboxylic acids is 1. The summed E-state index contributed by atoms with van der Waals surface area (Å²) in [7, 11) is 0. The van der Waals surface area contributed by atoms with Crippen LogP contribution in [-0.2, 0) is 9.59 Å². The summed E-state index contributed by atoms with van der Waals surface area (Å²) in [6, 6.07) is 10.9. The molecule has 0 aliphatic rings. The smallest absolute Gasteiger partial charge is 0.308 e. The van der Waals surface area contributed by atoms with Crippen molar-refractivity contribution < 1.29 is 19.5 Å². The Bertz CT molecular complexity index is 731. The van der Waals surface area contributed by atoms with E-state index in [0.717, 1.165) is 0 Å². The molecule has 2 amide bonds. The predicted octanol–water partition coefficient (Wildman–Crippen LogP) is 2.44. The molecule has 0 fully saturated rings. The fourth-order valence-electron chi connectivity index (χ4n) is 2.32. The third-order valence-corrected chi connectivity index (χ3v) is 4.70. The van der Waals surface area contributed by atoms with Gasteiger partial charge in [0.15, 0.2) is 0 Å². The highest BCUT2D eigenvalue weighted by molar-refractivity contribution is 7.12. The summed E-state index contributed by atoms with van der Waals surface area (Å²) in [5, 5.41) is 16.4. The molecular weight excluding hydrogens is 340 g/mol. The van der Waals surface area contributed by atoms with E-state index >= 15 is 0 Å². The molecular formula is C18H20N2O4S. The zero-order valence-electron chi connectivity index (χ0n) is 13.9. The number of benzene rings is 1. The molecule has 3 atom stereocenters. The van der Waals surface area contributed by atoms with E-state index in [2.05, 4.69) is 10.6 Å². The van der Waals surface area contributed by atoms with E-state index in [9.17, 15) is 19.5 Å². The summed E-state index contributed by atoms with van der Waals surface area (Å²) in [5.74, 6) is -2.59. The van der Waals surface area contributed by atoms with Crippen LogP contribution in [0.4, 0.5) is 0 Å². The number of nitrogens with one attached hydrogen (secondary N) is 2. The van der Waals surface area contributed by atoms with Gasteiger partial charge in [0, 0.05) is 0 Å². The van der Waals surface area contributed by atoms with Gasteiger partial charge >= 0.3 is 5.97 Å². The Labute approximate surface area is 149 Å². The first-order chi connectivity index (χ1) is 11.9. The van der Waals surface area contributed by atoms with Crippen molar-refractivity contribution in [1.82, 2.24) is 10.6 Å². The zero-order chi connectivity index (χ0) is 18.4. The van der Waals surface area contributed by atoms with Crippen LogP contribution in [0.25, 0.3) is 0 Å². The molecule has 132 valence electrons.